The number of carbonyl (C=O) groups excluding carboxylic acids is 2. The first-order valence-electron chi connectivity index (χ1n) is 10.1. The summed E-state index contributed by atoms with van der Waals surface area (Å²) in [6.07, 6.45) is 0.587. The van der Waals surface area contributed by atoms with E-state index in [1.54, 1.807) is 7.11 Å². The molecule has 1 aliphatic carbocycles. The zero-order chi connectivity index (χ0) is 20.2. The molecule has 0 N–H and O–H groups in total. The second kappa shape index (κ2) is 6.85. The molecular weight excluding hydrogens is 356 g/mol. The second-order valence-corrected chi connectivity index (χ2v) is 8.68. The number of anilines is 1. The minimum Gasteiger partial charge on any atom is -0.495 e. The first-order chi connectivity index (χ1) is 13.3. The molecule has 4 fully saturated rings. The SMILES string of the molecule is COc1cccc(C23CCN(C)CCC4C(OC(C)C4C2=O)C3=O)c1N(C)C. The first kappa shape index (κ1) is 19.4. The molecule has 1 aromatic carbocycles. The van der Waals surface area contributed by atoms with Crippen molar-refractivity contribution in [3.05, 3.63) is 23.8 Å². The van der Waals surface area contributed by atoms with E-state index in [0.29, 0.717) is 18.7 Å². The molecule has 0 radical (unpaired) electrons. The molecule has 3 heterocycles. The molecule has 1 aromatic rings. The Morgan fingerprint density at radius 3 is 2.64 bits per heavy atom. The van der Waals surface area contributed by atoms with Gasteiger partial charge >= 0.3 is 0 Å². The summed E-state index contributed by atoms with van der Waals surface area (Å²) >= 11 is 0. The van der Waals surface area contributed by atoms with Gasteiger partial charge in [-0.05, 0) is 46.0 Å². The predicted octanol–water partition coefficient (Wildman–Crippen LogP) is 1.90. The van der Waals surface area contributed by atoms with E-state index in [9.17, 15) is 9.59 Å². The lowest BCUT2D eigenvalue weighted by molar-refractivity contribution is -0.146. The molecule has 152 valence electrons. The number of para-hydroxylation sites is 1. The molecule has 1 saturated carbocycles. The van der Waals surface area contributed by atoms with Crippen LogP contribution in [-0.2, 0) is 19.7 Å². The smallest absolute Gasteiger partial charge is 0.179 e. The van der Waals surface area contributed by atoms with E-state index in [1.807, 2.05) is 44.1 Å². The van der Waals surface area contributed by atoms with Gasteiger partial charge in [0.2, 0.25) is 0 Å². The molecule has 6 nitrogen and oxygen atoms in total. The first-order valence-corrected chi connectivity index (χ1v) is 10.1. The normalized spacial score (nSPS) is 35.5. The summed E-state index contributed by atoms with van der Waals surface area (Å²) in [5.41, 5.74) is 0.385. The molecule has 28 heavy (non-hydrogen) atoms. The minimum atomic E-state index is -1.18. The summed E-state index contributed by atoms with van der Waals surface area (Å²) in [7, 11) is 7.54. The van der Waals surface area contributed by atoms with Crippen LogP contribution in [0.2, 0.25) is 0 Å². The fraction of sp³-hybridized carbons (Fsp3) is 0.636. The Labute approximate surface area is 166 Å². The van der Waals surface area contributed by atoms with Crippen LogP contribution in [0.15, 0.2) is 18.2 Å². The lowest BCUT2D eigenvalue weighted by Gasteiger charge is -2.41. The summed E-state index contributed by atoms with van der Waals surface area (Å²) in [5, 5.41) is 0. The second-order valence-electron chi connectivity index (χ2n) is 8.68. The molecule has 3 aliphatic heterocycles. The number of ketones is 2. The molecule has 4 aliphatic rings. The standard InChI is InChI=1S/C22H30N2O4/c1-13-17-14-9-11-24(4)12-10-22(20(17)25,21(26)19(14)28-13)15-7-6-8-16(27-5)18(15)23(2)3/h6-8,13-14,17,19H,9-12H2,1-5H3. The van der Waals surface area contributed by atoms with Gasteiger partial charge in [-0.2, -0.15) is 0 Å². The third-order valence-electron chi connectivity index (χ3n) is 6.96. The van der Waals surface area contributed by atoms with E-state index in [2.05, 4.69) is 11.9 Å². The number of hydrogen-bond donors (Lipinski definition) is 0. The Morgan fingerprint density at radius 2 is 1.96 bits per heavy atom. The van der Waals surface area contributed by atoms with Crippen molar-refractivity contribution in [1.82, 2.24) is 4.90 Å². The van der Waals surface area contributed by atoms with Crippen LogP contribution >= 0.6 is 0 Å². The van der Waals surface area contributed by atoms with Crippen LogP contribution in [0.25, 0.3) is 0 Å². The van der Waals surface area contributed by atoms with Crippen LogP contribution in [0.3, 0.4) is 0 Å². The molecule has 5 atom stereocenters. The fourth-order valence-electron chi connectivity index (χ4n) is 5.58. The van der Waals surface area contributed by atoms with Crippen molar-refractivity contribution in [2.45, 2.75) is 37.4 Å². The van der Waals surface area contributed by atoms with E-state index in [1.165, 1.54) is 0 Å². The Morgan fingerprint density at radius 1 is 1.21 bits per heavy atom. The quantitative estimate of drug-likeness (QED) is 0.740. The van der Waals surface area contributed by atoms with Crippen molar-refractivity contribution < 1.29 is 19.1 Å². The van der Waals surface area contributed by atoms with Crippen LogP contribution < -0.4 is 9.64 Å². The molecule has 0 spiro atoms. The fourth-order valence-corrected chi connectivity index (χ4v) is 5.58. The highest BCUT2D eigenvalue weighted by molar-refractivity contribution is 6.19. The highest BCUT2D eigenvalue weighted by Gasteiger charge is 2.65. The van der Waals surface area contributed by atoms with Gasteiger partial charge < -0.3 is 19.3 Å². The highest BCUT2D eigenvalue weighted by Crippen LogP contribution is 2.53. The average Bonchev–Trinajstić information content (AvgIpc) is 3.00. The third-order valence-corrected chi connectivity index (χ3v) is 6.96. The van der Waals surface area contributed by atoms with Crippen LogP contribution in [-0.4, -0.2) is 70.0 Å². The summed E-state index contributed by atoms with van der Waals surface area (Å²) in [5.74, 6) is 0.409. The van der Waals surface area contributed by atoms with Gasteiger partial charge in [-0.15, -0.1) is 0 Å². The van der Waals surface area contributed by atoms with Gasteiger partial charge in [0, 0.05) is 25.6 Å². The number of nitrogens with zero attached hydrogens (tertiary/aromatic N) is 2. The van der Waals surface area contributed by atoms with Crippen LogP contribution in [0.4, 0.5) is 5.69 Å². The third kappa shape index (κ3) is 2.54. The Bertz CT molecular complexity index is 808. The van der Waals surface area contributed by atoms with Gasteiger partial charge in [0.05, 0.1) is 24.8 Å². The van der Waals surface area contributed by atoms with Gasteiger partial charge in [-0.1, -0.05) is 12.1 Å². The lowest BCUT2D eigenvalue weighted by atomic mass is 9.58. The molecule has 5 rings (SSSR count). The van der Waals surface area contributed by atoms with Gasteiger partial charge in [0.25, 0.3) is 0 Å². The van der Waals surface area contributed by atoms with E-state index in [0.717, 1.165) is 24.2 Å². The number of hydrogen-bond acceptors (Lipinski definition) is 6. The number of benzene rings is 1. The topological polar surface area (TPSA) is 59.1 Å². The summed E-state index contributed by atoms with van der Waals surface area (Å²) < 4.78 is 11.7. The maximum absolute atomic E-state index is 14.0. The zero-order valence-electron chi connectivity index (χ0n) is 17.4. The van der Waals surface area contributed by atoms with Gasteiger partial charge in [-0.3, -0.25) is 9.59 Å². The van der Waals surface area contributed by atoms with Crippen molar-refractivity contribution in [3.8, 4) is 5.75 Å². The molecule has 0 aromatic heterocycles. The summed E-state index contributed by atoms with van der Waals surface area (Å²) in [4.78, 5) is 32.1. The highest BCUT2D eigenvalue weighted by atomic mass is 16.5. The number of fused-ring (bicyclic) bond motifs is 4. The molecule has 5 unspecified atom stereocenters. The Balaban J connectivity index is 1.98. The van der Waals surface area contributed by atoms with Crippen molar-refractivity contribution in [2.24, 2.45) is 11.8 Å². The number of Topliss-reactive ketones (excluding diaryl/α,β-unsaturated/α-hetero) is 2. The van der Waals surface area contributed by atoms with Crippen molar-refractivity contribution >= 4 is 17.3 Å². The largest absolute Gasteiger partial charge is 0.495 e. The van der Waals surface area contributed by atoms with E-state index < -0.39 is 11.5 Å². The van der Waals surface area contributed by atoms with E-state index in [-0.39, 0.29) is 29.5 Å². The average molecular weight is 386 g/mol. The van der Waals surface area contributed by atoms with Crippen molar-refractivity contribution in [1.29, 1.82) is 0 Å². The van der Waals surface area contributed by atoms with E-state index in [4.69, 9.17) is 9.47 Å². The van der Waals surface area contributed by atoms with Gasteiger partial charge in [0.15, 0.2) is 11.6 Å². The van der Waals surface area contributed by atoms with Crippen molar-refractivity contribution in [3.63, 3.8) is 0 Å². The van der Waals surface area contributed by atoms with Crippen LogP contribution in [0.5, 0.6) is 5.75 Å². The maximum Gasteiger partial charge on any atom is 0.179 e. The van der Waals surface area contributed by atoms with Gasteiger partial charge in [0.1, 0.15) is 17.3 Å². The van der Waals surface area contributed by atoms with Crippen LogP contribution in [0, 0.1) is 11.8 Å². The zero-order valence-corrected chi connectivity index (χ0v) is 17.4. The number of ether oxygens (including phenoxy) is 2. The van der Waals surface area contributed by atoms with E-state index >= 15 is 0 Å². The van der Waals surface area contributed by atoms with Crippen LogP contribution in [0.1, 0.15) is 25.3 Å². The molecular formula is C22H30N2O4. The summed E-state index contributed by atoms with van der Waals surface area (Å²) in [6, 6.07) is 5.69. The van der Waals surface area contributed by atoms with Gasteiger partial charge in [-0.25, -0.2) is 0 Å². The van der Waals surface area contributed by atoms with Crippen molar-refractivity contribution in [2.75, 3.05) is 46.2 Å². The number of carbonyl (C=O) groups is 2. The molecule has 4 bridgehead atoms. The maximum atomic E-state index is 14.0. The monoisotopic (exact) mass is 386 g/mol. The Kier molecular flexibility index (Phi) is 4.74. The predicted molar refractivity (Wildman–Crippen MR) is 107 cm³/mol. The summed E-state index contributed by atoms with van der Waals surface area (Å²) in [6.45, 7) is 3.52. The number of rotatable bonds is 3. The minimum absolute atomic E-state index is 0.0166. The molecule has 0 amide bonds. The number of methoxy groups -OCH3 is 1. The molecule has 6 heteroatoms. The Hall–Kier alpha value is -1.92. The lowest BCUT2D eigenvalue weighted by Crippen LogP contribution is -2.58. The molecule has 3 saturated heterocycles.